The molecule has 0 fully saturated rings. The predicted molar refractivity (Wildman–Crippen MR) is 68.0 cm³/mol. The van der Waals surface area contributed by atoms with Crippen LogP contribution < -0.4 is 5.32 Å². The first-order valence-corrected chi connectivity index (χ1v) is 5.70. The molecule has 0 aliphatic heterocycles. The maximum Gasteiger partial charge on any atom is 0.305 e. The van der Waals surface area contributed by atoms with Crippen molar-refractivity contribution in [3.05, 3.63) is 39.7 Å². The van der Waals surface area contributed by atoms with Crippen LogP contribution in [-0.2, 0) is 0 Å². The molecule has 0 aromatic heterocycles. The number of nitro groups is 1. The fraction of sp³-hybridized carbons (Fsp3) is 0.308. The minimum absolute atomic E-state index is 0.00412. The fourth-order valence-corrected chi connectivity index (χ4v) is 1.52. The lowest BCUT2D eigenvalue weighted by atomic mass is 10.1. The predicted octanol–water partition coefficient (Wildman–Crippen LogP) is 2.27. The van der Waals surface area contributed by atoms with Crippen LogP contribution in [0, 0.1) is 28.3 Å². The summed E-state index contributed by atoms with van der Waals surface area (Å²) in [6, 6.07) is 2.51. The number of nitrogens with one attached hydrogen (secondary N) is 1. The number of carbonyl (C=O) groups is 1. The Morgan fingerprint density at radius 2 is 2.32 bits per heavy atom. The Kier molecular flexibility index (Phi) is 5.01. The second-order valence-corrected chi connectivity index (χ2v) is 3.90. The third kappa shape index (κ3) is 3.78. The van der Waals surface area contributed by atoms with E-state index in [-0.39, 0.29) is 5.56 Å². The van der Waals surface area contributed by atoms with Crippen LogP contribution in [0.3, 0.4) is 0 Å². The van der Waals surface area contributed by atoms with Gasteiger partial charge in [0.1, 0.15) is 0 Å². The Hall–Kier alpha value is -2.42. The quantitative estimate of drug-likeness (QED) is 0.503. The number of terminal acetylenes is 1. The van der Waals surface area contributed by atoms with Crippen molar-refractivity contribution in [2.75, 3.05) is 0 Å². The van der Waals surface area contributed by atoms with Gasteiger partial charge in [-0.25, -0.2) is 0 Å². The highest BCUT2D eigenvalue weighted by atomic mass is 19.1. The smallest absolute Gasteiger partial charge is 0.305 e. The zero-order chi connectivity index (χ0) is 14.4. The van der Waals surface area contributed by atoms with Crippen molar-refractivity contribution in [3.63, 3.8) is 0 Å². The van der Waals surface area contributed by atoms with E-state index in [2.05, 4.69) is 11.2 Å². The van der Waals surface area contributed by atoms with E-state index >= 15 is 0 Å². The zero-order valence-electron chi connectivity index (χ0n) is 10.4. The first-order valence-electron chi connectivity index (χ1n) is 5.70. The summed E-state index contributed by atoms with van der Waals surface area (Å²) in [5.41, 5.74) is -0.732. The van der Waals surface area contributed by atoms with E-state index in [4.69, 9.17) is 6.42 Å². The average Bonchev–Trinajstić information content (AvgIpc) is 2.38. The monoisotopic (exact) mass is 264 g/mol. The average molecular weight is 264 g/mol. The molecule has 0 saturated carbocycles. The van der Waals surface area contributed by atoms with Gasteiger partial charge in [0.05, 0.1) is 11.0 Å². The number of rotatable bonds is 5. The fourth-order valence-electron chi connectivity index (χ4n) is 1.52. The molecule has 0 radical (unpaired) electrons. The van der Waals surface area contributed by atoms with E-state index in [1.54, 1.807) is 0 Å². The van der Waals surface area contributed by atoms with Gasteiger partial charge in [0, 0.05) is 11.6 Å². The van der Waals surface area contributed by atoms with Crippen molar-refractivity contribution in [2.45, 2.75) is 25.8 Å². The molecule has 1 aromatic rings. The molecule has 0 aliphatic carbocycles. The van der Waals surface area contributed by atoms with Gasteiger partial charge >= 0.3 is 5.69 Å². The standard InChI is InChI=1S/C13H13FN2O3/c1-3-5-10(4-2)15-13(17)9-6-7-11(14)12(8-9)16(18)19/h2,6-8,10H,3,5H2,1H3,(H,15,17). The van der Waals surface area contributed by atoms with E-state index < -0.39 is 28.4 Å². The van der Waals surface area contributed by atoms with Gasteiger partial charge in [-0.05, 0) is 18.6 Å². The largest absolute Gasteiger partial charge is 0.338 e. The summed E-state index contributed by atoms with van der Waals surface area (Å²) >= 11 is 0. The van der Waals surface area contributed by atoms with Crippen molar-refractivity contribution in [3.8, 4) is 12.3 Å². The lowest BCUT2D eigenvalue weighted by Crippen LogP contribution is -2.33. The highest BCUT2D eigenvalue weighted by molar-refractivity contribution is 5.95. The molecular formula is C13H13FN2O3. The maximum atomic E-state index is 13.1. The molecule has 0 aliphatic rings. The maximum absolute atomic E-state index is 13.1. The summed E-state index contributed by atoms with van der Waals surface area (Å²) in [4.78, 5) is 21.5. The summed E-state index contributed by atoms with van der Waals surface area (Å²) < 4.78 is 13.1. The van der Waals surface area contributed by atoms with Crippen LogP contribution in [0.25, 0.3) is 0 Å². The van der Waals surface area contributed by atoms with Crippen molar-refractivity contribution < 1.29 is 14.1 Å². The second kappa shape index (κ2) is 6.50. The molecule has 100 valence electrons. The van der Waals surface area contributed by atoms with E-state index in [0.29, 0.717) is 6.42 Å². The Morgan fingerprint density at radius 1 is 1.63 bits per heavy atom. The first-order chi connectivity index (χ1) is 8.99. The van der Waals surface area contributed by atoms with Crippen molar-refractivity contribution in [2.24, 2.45) is 0 Å². The SMILES string of the molecule is C#CC(CCC)NC(=O)c1ccc(F)c([N+](=O)[O-])c1. The Morgan fingerprint density at radius 3 is 2.84 bits per heavy atom. The summed E-state index contributed by atoms with van der Waals surface area (Å²) in [7, 11) is 0. The molecule has 1 atom stereocenters. The number of halogens is 1. The van der Waals surface area contributed by atoms with E-state index in [9.17, 15) is 19.3 Å². The number of amides is 1. The van der Waals surface area contributed by atoms with Crippen LogP contribution in [0.4, 0.5) is 10.1 Å². The van der Waals surface area contributed by atoms with Crippen molar-refractivity contribution in [1.82, 2.24) is 5.32 Å². The van der Waals surface area contributed by atoms with Crippen molar-refractivity contribution >= 4 is 11.6 Å². The third-order valence-electron chi connectivity index (χ3n) is 2.49. The normalized spacial score (nSPS) is 11.4. The topological polar surface area (TPSA) is 72.2 Å². The summed E-state index contributed by atoms with van der Waals surface area (Å²) in [5.74, 6) is 0.874. The van der Waals surface area contributed by atoms with Gasteiger partial charge in [-0.15, -0.1) is 6.42 Å². The highest BCUT2D eigenvalue weighted by Crippen LogP contribution is 2.18. The van der Waals surface area contributed by atoms with E-state index in [1.807, 2.05) is 6.92 Å². The van der Waals surface area contributed by atoms with Crippen LogP contribution in [0.5, 0.6) is 0 Å². The van der Waals surface area contributed by atoms with Crippen LogP contribution in [-0.4, -0.2) is 16.9 Å². The molecule has 19 heavy (non-hydrogen) atoms. The molecule has 0 saturated heterocycles. The van der Waals surface area contributed by atoms with Gasteiger partial charge in [0.25, 0.3) is 5.91 Å². The lowest BCUT2D eigenvalue weighted by Gasteiger charge is -2.11. The van der Waals surface area contributed by atoms with Gasteiger partial charge in [-0.2, -0.15) is 4.39 Å². The molecule has 1 aromatic carbocycles. The van der Waals surface area contributed by atoms with E-state index in [1.165, 1.54) is 6.07 Å². The molecule has 1 rings (SSSR count). The summed E-state index contributed by atoms with van der Waals surface area (Å²) in [6.07, 6.45) is 6.65. The first kappa shape index (κ1) is 14.6. The zero-order valence-corrected chi connectivity index (χ0v) is 10.4. The third-order valence-corrected chi connectivity index (χ3v) is 2.49. The lowest BCUT2D eigenvalue weighted by molar-refractivity contribution is -0.387. The second-order valence-electron chi connectivity index (χ2n) is 3.90. The molecule has 1 amide bonds. The molecular weight excluding hydrogens is 251 g/mol. The van der Waals surface area contributed by atoms with Crippen LogP contribution in [0.1, 0.15) is 30.1 Å². The molecule has 0 heterocycles. The van der Waals surface area contributed by atoms with Gasteiger partial charge in [-0.1, -0.05) is 19.3 Å². The molecule has 0 bridgehead atoms. The van der Waals surface area contributed by atoms with Gasteiger partial charge in [-0.3, -0.25) is 14.9 Å². The number of nitro benzene ring substituents is 1. The molecule has 1 N–H and O–H groups in total. The summed E-state index contributed by atoms with van der Waals surface area (Å²) in [6.45, 7) is 1.92. The number of hydrogen-bond donors (Lipinski definition) is 1. The number of carbonyl (C=O) groups excluding carboxylic acids is 1. The van der Waals surface area contributed by atoms with Crippen LogP contribution in [0.2, 0.25) is 0 Å². The molecule has 5 nitrogen and oxygen atoms in total. The molecule has 6 heteroatoms. The minimum Gasteiger partial charge on any atom is -0.338 e. The number of hydrogen-bond acceptors (Lipinski definition) is 3. The van der Waals surface area contributed by atoms with Crippen molar-refractivity contribution in [1.29, 1.82) is 0 Å². The number of nitrogens with zero attached hydrogens (tertiary/aromatic N) is 1. The minimum atomic E-state index is -0.983. The Balaban J connectivity index is 2.92. The van der Waals surface area contributed by atoms with Gasteiger partial charge < -0.3 is 5.32 Å². The van der Waals surface area contributed by atoms with Gasteiger partial charge in [0.2, 0.25) is 5.82 Å². The van der Waals surface area contributed by atoms with Gasteiger partial charge in [0.15, 0.2) is 0 Å². The Bertz CT molecular complexity index is 537. The van der Waals surface area contributed by atoms with Crippen LogP contribution >= 0.6 is 0 Å². The number of benzene rings is 1. The molecule has 0 spiro atoms. The Labute approximate surface area is 110 Å². The molecule has 1 unspecified atom stereocenters. The van der Waals surface area contributed by atoms with Crippen LogP contribution in [0.15, 0.2) is 18.2 Å². The highest BCUT2D eigenvalue weighted by Gasteiger charge is 2.18. The van der Waals surface area contributed by atoms with E-state index in [0.717, 1.165) is 18.6 Å². The summed E-state index contributed by atoms with van der Waals surface area (Å²) in [5, 5.41) is 13.1.